The number of rotatable bonds is 6. The second kappa shape index (κ2) is 6.15. The third-order valence-corrected chi connectivity index (χ3v) is 9.38. The van der Waals surface area contributed by atoms with Gasteiger partial charge in [0, 0.05) is 6.42 Å². The first-order chi connectivity index (χ1) is 9.77. The van der Waals surface area contributed by atoms with Crippen LogP contribution in [0.25, 0.3) is 0 Å². The molecule has 3 nitrogen and oxygen atoms in total. The highest BCUT2D eigenvalue weighted by molar-refractivity contribution is 6.74. The van der Waals surface area contributed by atoms with Crippen LogP contribution in [0.2, 0.25) is 18.1 Å². The van der Waals surface area contributed by atoms with Crippen LogP contribution in [0.15, 0.2) is 0 Å². The minimum atomic E-state index is -4.35. The predicted molar refractivity (Wildman–Crippen MR) is 81.0 cm³/mol. The van der Waals surface area contributed by atoms with Gasteiger partial charge in [-0.15, -0.1) is 0 Å². The monoisotopic (exact) mass is 340 g/mol. The molecule has 0 aliphatic heterocycles. The molecule has 2 unspecified atom stereocenters. The maximum absolute atomic E-state index is 13.4. The van der Waals surface area contributed by atoms with E-state index in [1.165, 1.54) is 0 Å². The van der Waals surface area contributed by atoms with E-state index in [0.29, 0.717) is 0 Å². The summed E-state index contributed by atoms with van der Waals surface area (Å²) in [7, 11) is -2.26. The molecule has 0 bridgehead atoms. The van der Waals surface area contributed by atoms with Crippen molar-refractivity contribution in [2.45, 2.75) is 77.4 Å². The molecule has 0 N–H and O–H groups in total. The van der Waals surface area contributed by atoms with Gasteiger partial charge in [-0.2, -0.15) is 13.2 Å². The number of ether oxygens (including phenoxy) is 1. The van der Waals surface area contributed by atoms with Crippen molar-refractivity contribution in [1.82, 2.24) is 0 Å². The summed E-state index contributed by atoms with van der Waals surface area (Å²) in [5.41, 5.74) is -1.88. The molecule has 0 spiro atoms. The summed E-state index contributed by atoms with van der Waals surface area (Å²) in [6, 6.07) is 0. The molecule has 0 aromatic heterocycles. The van der Waals surface area contributed by atoms with Crippen LogP contribution in [-0.4, -0.2) is 33.2 Å². The van der Waals surface area contributed by atoms with Crippen molar-refractivity contribution >= 4 is 14.3 Å². The number of hydrogen-bond donors (Lipinski definition) is 0. The third kappa shape index (κ3) is 4.04. The van der Waals surface area contributed by atoms with Crippen LogP contribution in [0, 0.1) is 5.41 Å². The Morgan fingerprint density at radius 1 is 1.27 bits per heavy atom. The zero-order chi connectivity index (χ0) is 17.4. The Morgan fingerprint density at radius 3 is 2.23 bits per heavy atom. The predicted octanol–water partition coefficient (Wildman–Crippen LogP) is 4.67. The van der Waals surface area contributed by atoms with E-state index < -0.39 is 32.0 Å². The maximum atomic E-state index is 13.4. The fourth-order valence-corrected chi connectivity index (χ4v) is 3.59. The Kier molecular flexibility index (Phi) is 5.45. The SMILES string of the molecule is CCOC(=O)CCC1(C(F)(F)F)CC1O[Si](C)(C)C(C)(C)C. The first-order valence-electron chi connectivity index (χ1n) is 7.67. The Hall–Kier alpha value is -0.563. The zero-order valence-corrected chi connectivity index (χ0v) is 15.3. The fourth-order valence-electron chi connectivity index (χ4n) is 2.22. The smallest absolute Gasteiger partial charge is 0.397 e. The Morgan fingerprint density at radius 2 is 1.82 bits per heavy atom. The van der Waals surface area contributed by atoms with Crippen LogP contribution in [0.3, 0.4) is 0 Å². The molecule has 1 saturated carbocycles. The van der Waals surface area contributed by atoms with Crippen molar-refractivity contribution in [3.8, 4) is 0 Å². The lowest BCUT2D eigenvalue weighted by Gasteiger charge is -2.37. The van der Waals surface area contributed by atoms with Crippen LogP contribution in [0.5, 0.6) is 0 Å². The van der Waals surface area contributed by atoms with Crippen LogP contribution in [0.1, 0.15) is 47.0 Å². The van der Waals surface area contributed by atoms with Gasteiger partial charge >= 0.3 is 12.1 Å². The number of carbonyl (C=O) groups is 1. The van der Waals surface area contributed by atoms with E-state index in [0.717, 1.165) is 0 Å². The summed E-state index contributed by atoms with van der Waals surface area (Å²) in [4.78, 5) is 11.4. The van der Waals surface area contributed by atoms with Gasteiger partial charge in [-0.3, -0.25) is 4.79 Å². The molecule has 0 saturated heterocycles. The van der Waals surface area contributed by atoms with E-state index in [9.17, 15) is 18.0 Å². The van der Waals surface area contributed by atoms with Gasteiger partial charge in [0.2, 0.25) is 0 Å². The molecular formula is C15H27F3O3Si. The molecular weight excluding hydrogens is 313 g/mol. The van der Waals surface area contributed by atoms with Crippen molar-refractivity contribution in [1.29, 1.82) is 0 Å². The quantitative estimate of drug-likeness (QED) is 0.520. The van der Waals surface area contributed by atoms with Crippen LogP contribution in [-0.2, 0) is 14.0 Å². The van der Waals surface area contributed by atoms with Crippen molar-refractivity contribution in [3.63, 3.8) is 0 Å². The van der Waals surface area contributed by atoms with E-state index in [-0.39, 0.29) is 30.9 Å². The molecule has 1 aliphatic carbocycles. The van der Waals surface area contributed by atoms with Gasteiger partial charge in [0.1, 0.15) is 0 Å². The van der Waals surface area contributed by atoms with E-state index in [1.54, 1.807) is 6.92 Å². The number of alkyl halides is 3. The van der Waals surface area contributed by atoms with Gasteiger partial charge in [-0.05, 0) is 37.9 Å². The Labute approximate surface area is 131 Å². The average molecular weight is 340 g/mol. The average Bonchev–Trinajstić information content (AvgIpc) is 2.98. The number of carbonyl (C=O) groups excluding carboxylic acids is 1. The lowest BCUT2D eigenvalue weighted by molar-refractivity contribution is -0.198. The number of hydrogen-bond acceptors (Lipinski definition) is 3. The second-order valence-corrected chi connectivity index (χ2v) is 12.3. The van der Waals surface area contributed by atoms with E-state index in [4.69, 9.17) is 9.16 Å². The zero-order valence-electron chi connectivity index (χ0n) is 14.3. The Bertz CT molecular complexity index is 415. The summed E-state index contributed by atoms with van der Waals surface area (Å²) in [6.45, 7) is 11.7. The van der Waals surface area contributed by atoms with Crippen molar-refractivity contribution in [3.05, 3.63) is 0 Å². The molecule has 22 heavy (non-hydrogen) atoms. The highest BCUT2D eigenvalue weighted by Crippen LogP contribution is 2.63. The fraction of sp³-hybridized carbons (Fsp3) is 0.933. The molecule has 1 fully saturated rings. The molecule has 0 aromatic rings. The summed E-state index contributed by atoms with van der Waals surface area (Å²) in [5, 5.41) is -0.145. The minimum Gasteiger partial charge on any atom is -0.466 e. The third-order valence-electron chi connectivity index (χ3n) is 4.89. The van der Waals surface area contributed by atoms with E-state index >= 15 is 0 Å². The molecule has 1 rings (SSSR count). The first kappa shape index (κ1) is 19.5. The highest BCUT2D eigenvalue weighted by Gasteiger charge is 2.72. The molecule has 0 aromatic carbocycles. The molecule has 0 radical (unpaired) electrons. The summed E-state index contributed by atoms with van der Waals surface area (Å²) in [6.07, 6.45) is -5.71. The molecule has 0 heterocycles. The van der Waals surface area contributed by atoms with Gasteiger partial charge in [0.05, 0.1) is 18.1 Å². The summed E-state index contributed by atoms with van der Waals surface area (Å²) < 4.78 is 51.0. The van der Waals surface area contributed by atoms with Gasteiger partial charge in [0.25, 0.3) is 0 Å². The van der Waals surface area contributed by atoms with E-state index in [2.05, 4.69) is 0 Å². The second-order valence-electron chi connectivity index (χ2n) is 7.53. The number of esters is 1. The normalized spacial score (nSPS) is 26.0. The van der Waals surface area contributed by atoms with Crippen LogP contribution >= 0.6 is 0 Å². The van der Waals surface area contributed by atoms with Crippen molar-refractivity contribution in [2.24, 2.45) is 5.41 Å². The van der Waals surface area contributed by atoms with Crippen LogP contribution < -0.4 is 0 Å². The summed E-state index contributed by atoms with van der Waals surface area (Å²) >= 11 is 0. The molecule has 0 amide bonds. The largest absolute Gasteiger partial charge is 0.466 e. The molecule has 130 valence electrons. The Balaban J connectivity index is 2.77. The number of halogens is 3. The van der Waals surface area contributed by atoms with Crippen molar-refractivity contribution < 1.29 is 27.1 Å². The minimum absolute atomic E-state index is 0.0532. The standard InChI is InChI=1S/C15H27F3O3Si/c1-7-20-12(19)8-9-14(15(16,17)18)10-11(14)21-22(5,6)13(2,3)4/h11H,7-10H2,1-6H3. The van der Waals surface area contributed by atoms with Crippen molar-refractivity contribution in [2.75, 3.05) is 6.61 Å². The van der Waals surface area contributed by atoms with Gasteiger partial charge < -0.3 is 9.16 Å². The van der Waals surface area contributed by atoms with Gasteiger partial charge in [0.15, 0.2) is 8.32 Å². The van der Waals surface area contributed by atoms with Crippen LogP contribution in [0.4, 0.5) is 13.2 Å². The molecule has 1 aliphatic rings. The van der Waals surface area contributed by atoms with E-state index in [1.807, 2.05) is 33.9 Å². The summed E-state index contributed by atoms with van der Waals surface area (Å²) in [5.74, 6) is -0.580. The highest BCUT2D eigenvalue weighted by atomic mass is 28.4. The maximum Gasteiger partial charge on any atom is 0.397 e. The lowest BCUT2D eigenvalue weighted by Crippen LogP contribution is -2.43. The topological polar surface area (TPSA) is 35.5 Å². The van der Waals surface area contributed by atoms with Gasteiger partial charge in [-0.1, -0.05) is 20.8 Å². The van der Waals surface area contributed by atoms with Gasteiger partial charge in [-0.25, -0.2) is 0 Å². The molecule has 7 heteroatoms. The molecule has 2 atom stereocenters. The lowest BCUT2D eigenvalue weighted by atomic mass is 9.99. The first-order valence-corrected chi connectivity index (χ1v) is 10.6.